The molecule has 3 rings (SSSR count). The van der Waals surface area contributed by atoms with Crippen LogP contribution in [0.1, 0.15) is 35.5 Å². The lowest BCUT2D eigenvalue weighted by atomic mass is 10.1. The van der Waals surface area contributed by atoms with Crippen LogP contribution >= 0.6 is 11.3 Å². The summed E-state index contributed by atoms with van der Waals surface area (Å²) in [4.78, 5) is 19.2. The minimum Gasteiger partial charge on any atom is -0.496 e. The summed E-state index contributed by atoms with van der Waals surface area (Å²) >= 11 is 1.64. The number of hydrogen-bond donors (Lipinski definition) is 0. The highest BCUT2D eigenvalue weighted by Gasteiger charge is 2.32. The summed E-state index contributed by atoms with van der Waals surface area (Å²) in [7, 11) is 1.67. The van der Waals surface area contributed by atoms with Crippen LogP contribution in [-0.2, 0) is 17.8 Å². The van der Waals surface area contributed by atoms with E-state index in [2.05, 4.69) is 10.4 Å². The molecular formula is C18H22N2O2S. The second kappa shape index (κ2) is 7.13. The molecule has 5 heteroatoms. The van der Waals surface area contributed by atoms with Crippen molar-refractivity contribution in [2.75, 3.05) is 7.11 Å². The van der Waals surface area contributed by atoms with Crippen molar-refractivity contribution in [3.05, 3.63) is 45.9 Å². The summed E-state index contributed by atoms with van der Waals surface area (Å²) in [5.74, 6) is 1.07. The van der Waals surface area contributed by atoms with E-state index in [1.807, 2.05) is 36.1 Å². The number of rotatable bonds is 7. The van der Waals surface area contributed by atoms with Crippen LogP contribution in [0, 0.1) is 6.92 Å². The van der Waals surface area contributed by atoms with E-state index in [9.17, 15) is 4.79 Å². The van der Waals surface area contributed by atoms with Gasteiger partial charge in [-0.1, -0.05) is 18.2 Å². The maximum atomic E-state index is 12.7. The minimum absolute atomic E-state index is 0.212. The zero-order chi connectivity index (χ0) is 16.2. The molecule has 0 N–H and O–H groups in total. The fourth-order valence-corrected chi connectivity index (χ4v) is 3.36. The van der Waals surface area contributed by atoms with E-state index in [1.165, 1.54) is 0 Å². The molecule has 0 unspecified atom stereocenters. The highest BCUT2D eigenvalue weighted by Crippen LogP contribution is 2.30. The highest BCUT2D eigenvalue weighted by atomic mass is 32.1. The normalized spacial score (nSPS) is 13.8. The largest absolute Gasteiger partial charge is 0.496 e. The van der Waals surface area contributed by atoms with Crippen molar-refractivity contribution in [1.29, 1.82) is 0 Å². The number of nitrogens with zero attached hydrogens (tertiary/aromatic N) is 2. The van der Waals surface area contributed by atoms with Crippen molar-refractivity contribution in [2.45, 2.75) is 45.2 Å². The van der Waals surface area contributed by atoms with Gasteiger partial charge in [-0.2, -0.15) is 0 Å². The van der Waals surface area contributed by atoms with Crippen molar-refractivity contribution in [1.82, 2.24) is 9.88 Å². The molecule has 1 heterocycles. The van der Waals surface area contributed by atoms with Crippen molar-refractivity contribution in [3.63, 3.8) is 0 Å². The van der Waals surface area contributed by atoms with Gasteiger partial charge in [-0.3, -0.25) is 4.79 Å². The Labute approximate surface area is 141 Å². The quantitative estimate of drug-likeness (QED) is 0.779. The molecule has 2 aromatic rings. The standard InChI is InChI=1S/C18H22N2O2S/c1-13-19-15(12-23-13)11-20(16-8-9-16)18(21)10-7-14-5-3-4-6-17(14)22-2/h3-6,12,16H,7-11H2,1-2H3. The third kappa shape index (κ3) is 4.10. The van der Waals surface area contributed by atoms with E-state index in [4.69, 9.17) is 4.74 Å². The Balaban J connectivity index is 1.62. The zero-order valence-electron chi connectivity index (χ0n) is 13.6. The number of aromatic nitrogens is 1. The van der Waals surface area contributed by atoms with Crippen molar-refractivity contribution >= 4 is 17.2 Å². The molecule has 1 aliphatic rings. The molecule has 1 aliphatic carbocycles. The molecule has 0 atom stereocenters. The maximum Gasteiger partial charge on any atom is 0.223 e. The molecular weight excluding hydrogens is 308 g/mol. The number of carbonyl (C=O) groups excluding carboxylic acids is 1. The van der Waals surface area contributed by atoms with Gasteiger partial charge >= 0.3 is 0 Å². The van der Waals surface area contributed by atoms with Crippen LogP contribution < -0.4 is 4.74 Å². The van der Waals surface area contributed by atoms with Crippen LogP contribution in [0.5, 0.6) is 5.75 Å². The van der Waals surface area contributed by atoms with E-state index in [-0.39, 0.29) is 5.91 Å². The molecule has 0 radical (unpaired) electrons. The Morgan fingerprint density at radius 2 is 2.17 bits per heavy atom. The van der Waals surface area contributed by atoms with Crippen LogP contribution in [0.2, 0.25) is 0 Å². The van der Waals surface area contributed by atoms with Gasteiger partial charge in [0.2, 0.25) is 5.91 Å². The van der Waals surface area contributed by atoms with E-state index in [0.717, 1.165) is 34.9 Å². The summed E-state index contributed by atoms with van der Waals surface area (Å²) in [5.41, 5.74) is 2.09. The summed E-state index contributed by atoms with van der Waals surface area (Å²) < 4.78 is 5.36. The summed E-state index contributed by atoms with van der Waals surface area (Å²) in [6.45, 7) is 2.64. The average molecular weight is 330 g/mol. The molecule has 1 saturated carbocycles. The van der Waals surface area contributed by atoms with Gasteiger partial charge in [-0.25, -0.2) is 4.98 Å². The monoisotopic (exact) mass is 330 g/mol. The van der Waals surface area contributed by atoms with E-state index >= 15 is 0 Å². The second-order valence-corrected chi connectivity index (χ2v) is 6.98. The SMILES string of the molecule is COc1ccccc1CCC(=O)N(Cc1csc(C)n1)C1CC1. The lowest BCUT2D eigenvalue weighted by Gasteiger charge is -2.21. The number of thiazole rings is 1. The summed E-state index contributed by atoms with van der Waals surface area (Å²) in [6.07, 6.45) is 3.45. The molecule has 0 aliphatic heterocycles. The number of ether oxygens (including phenoxy) is 1. The number of carbonyl (C=O) groups is 1. The Hall–Kier alpha value is -1.88. The fourth-order valence-electron chi connectivity index (χ4n) is 2.76. The summed E-state index contributed by atoms with van der Waals surface area (Å²) in [5, 5.41) is 3.11. The van der Waals surface area contributed by atoms with Crippen molar-refractivity contribution < 1.29 is 9.53 Å². The number of methoxy groups -OCH3 is 1. The Kier molecular flexibility index (Phi) is 4.96. The molecule has 1 aromatic carbocycles. The first-order valence-corrected chi connectivity index (χ1v) is 8.87. The lowest BCUT2D eigenvalue weighted by Crippen LogP contribution is -2.32. The van der Waals surface area contributed by atoms with E-state index in [0.29, 0.717) is 25.4 Å². The lowest BCUT2D eigenvalue weighted by molar-refractivity contribution is -0.132. The molecule has 1 amide bonds. The third-order valence-corrected chi connectivity index (χ3v) is 4.93. The molecule has 4 nitrogen and oxygen atoms in total. The number of para-hydroxylation sites is 1. The molecule has 1 aromatic heterocycles. The van der Waals surface area contributed by atoms with Gasteiger partial charge in [0.05, 0.1) is 24.4 Å². The zero-order valence-corrected chi connectivity index (χ0v) is 14.4. The van der Waals surface area contributed by atoms with Gasteiger partial charge in [-0.05, 0) is 37.8 Å². The minimum atomic E-state index is 0.212. The summed E-state index contributed by atoms with van der Waals surface area (Å²) in [6, 6.07) is 8.31. The predicted molar refractivity (Wildman–Crippen MR) is 91.7 cm³/mol. The topological polar surface area (TPSA) is 42.4 Å². The van der Waals surface area contributed by atoms with Gasteiger partial charge in [0.15, 0.2) is 0 Å². The number of aryl methyl sites for hydroxylation is 2. The van der Waals surface area contributed by atoms with Gasteiger partial charge < -0.3 is 9.64 Å². The average Bonchev–Trinajstić information content (AvgIpc) is 3.32. The molecule has 0 saturated heterocycles. The second-order valence-electron chi connectivity index (χ2n) is 5.92. The van der Waals surface area contributed by atoms with Crippen molar-refractivity contribution in [3.8, 4) is 5.75 Å². The van der Waals surface area contributed by atoms with Gasteiger partial charge in [0.1, 0.15) is 5.75 Å². The Morgan fingerprint density at radius 1 is 1.39 bits per heavy atom. The predicted octanol–water partition coefficient (Wildman–Crippen LogP) is 3.58. The van der Waals surface area contributed by atoms with Gasteiger partial charge in [0, 0.05) is 17.8 Å². The molecule has 0 spiro atoms. The first-order valence-electron chi connectivity index (χ1n) is 7.99. The Morgan fingerprint density at radius 3 is 2.83 bits per heavy atom. The number of hydrogen-bond acceptors (Lipinski definition) is 4. The van der Waals surface area contributed by atoms with Crippen LogP contribution in [0.3, 0.4) is 0 Å². The van der Waals surface area contributed by atoms with Gasteiger partial charge in [0.25, 0.3) is 0 Å². The number of amides is 1. The Bertz CT molecular complexity index is 679. The van der Waals surface area contributed by atoms with Crippen LogP contribution in [-0.4, -0.2) is 28.9 Å². The first kappa shape index (κ1) is 16.0. The van der Waals surface area contributed by atoms with E-state index < -0.39 is 0 Å². The first-order chi connectivity index (χ1) is 11.2. The fraction of sp³-hybridized carbons (Fsp3) is 0.444. The third-order valence-electron chi connectivity index (χ3n) is 4.11. The van der Waals surface area contributed by atoms with E-state index in [1.54, 1.807) is 18.4 Å². The molecule has 23 heavy (non-hydrogen) atoms. The molecule has 122 valence electrons. The van der Waals surface area contributed by atoms with Crippen molar-refractivity contribution in [2.24, 2.45) is 0 Å². The smallest absolute Gasteiger partial charge is 0.223 e. The number of benzene rings is 1. The van der Waals surface area contributed by atoms with Crippen LogP contribution in [0.15, 0.2) is 29.6 Å². The molecule has 0 bridgehead atoms. The van der Waals surface area contributed by atoms with Gasteiger partial charge in [-0.15, -0.1) is 11.3 Å². The maximum absolute atomic E-state index is 12.7. The highest BCUT2D eigenvalue weighted by molar-refractivity contribution is 7.09. The van der Waals surface area contributed by atoms with Crippen LogP contribution in [0.4, 0.5) is 0 Å². The molecule has 1 fully saturated rings. The van der Waals surface area contributed by atoms with Crippen LogP contribution in [0.25, 0.3) is 0 Å².